The van der Waals surface area contributed by atoms with Gasteiger partial charge in [-0.15, -0.1) is 0 Å². The van der Waals surface area contributed by atoms with E-state index in [-0.39, 0.29) is 11.9 Å². The second kappa shape index (κ2) is 5.87. The maximum atomic E-state index is 12.1. The van der Waals surface area contributed by atoms with Crippen molar-refractivity contribution in [1.82, 2.24) is 5.32 Å². The van der Waals surface area contributed by atoms with Gasteiger partial charge in [0.15, 0.2) is 0 Å². The highest BCUT2D eigenvalue weighted by atomic mass is 16.2. The molecule has 0 saturated heterocycles. The molecule has 0 aromatic heterocycles. The van der Waals surface area contributed by atoms with Crippen molar-refractivity contribution in [1.29, 1.82) is 0 Å². The first-order chi connectivity index (χ1) is 9.08. The van der Waals surface area contributed by atoms with Crippen molar-refractivity contribution < 1.29 is 9.59 Å². The Morgan fingerprint density at radius 1 is 1.11 bits per heavy atom. The molecular formula is C15H20N2O2. The molecule has 0 bridgehead atoms. The highest BCUT2D eigenvalue weighted by Gasteiger charge is 2.23. The van der Waals surface area contributed by atoms with E-state index >= 15 is 0 Å². The van der Waals surface area contributed by atoms with Crippen molar-refractivity contribution >= 4 is 11.8 Å². The zero-order valence-electron chi connectivity index (χ0n) is 11.2. The predicted octanol–water partition coefficient (Wildman–Crippen LogP) is 2.09. The fourth-order valence-electron chi connectivity index (χ4n) is 2.57. The molecule has 1 aliphatic carbocycles. The van der Waals surface area contributed by atoms with Gasteiger partial charge in [0.25, 0.3) is 5.91 Å². The number of hydrogen-bond donors (Lipinski definition) is 2. The van der Waals surface area contributed by atoms with Crippen molar-refractivity contribution in [3.63, 3.8) is 0 Å². The topological polar surface area (TPSA) is 72.2 Å². The minimum absolute atomic E-state index is 0.0743. The third kappa shape index (κ3) is 3.34. The molecule has 4 heteroatoms. The van der Waals surface area contributed by atoms with E-state index < -0.39 is 5.91 Å². The van der Waals surface area contributed by atoms with Crippen molar-refractivity contribution in [2.24, 2.45) is 11.7 Å². The molecule has 0 aliphatic heterocycles. The minimum Gasteiger partial charge on any atom is -0.366 e. The van der Waals surface area contributed by atoms with E-state index in [0.717, 1.165) is 6.42 Å². The molecule has 1 aromatic rings. The quantitative estimate of drug-likeness (QED) is 0.873. The van der Waals surface area contributed by atoms with Crippen LogP contribution in [0, 0.1) is 5.92 Å². The highest BCUT2D eigenvalue weighted by Crippen LogP contribution is 2.24. The largest absolute Gasteiger partial charge is 0.366 e. The molecule has 2 amide bonds. The summed E-state index contributed by atoms with van der Waals surface area (Å²) in [5.41, 5.74) is 6.16. The summed E-state index contributed by atoms with van der Waals surface area (Å²) in [5.74, 6) is -0.0229. The highest BCUT2D eigenvalue weighted by molar-refractivity contribution is 5.97. The van der Waals surface area contributed by atoms with Crippen LogP contribution in [-0.2, 0) is 0 Å². The summed E-state index contributed by atoms with van der Waals surface area (Å²) in [6.07, 6.45) is 4.65. The molecule has 0 heterocycles. The van der Waals surface area contributed by atoms with Crippen LogP contribution in [0.1, 0.15) is 53.3 Å². The van der Waals surface area contributed by atoms with Gasteiger partial charge in [0.1, 0.15) is 0 Å². The zero-order chi connectivity index (χ0) is 13.8. The van der Waals surface area contributed by atoms with Gasteiger partial charge < -0.3 is 11.1 Å². The number of hydrogen-bond acceptors (Lipinski definition) is 2. The van der Waals surface area contributed by atoms with Gasteiger partial charge in [0.05, 0.1) is 0 Å². The Bertz CT molecular complexity index is 468. The van der Waals surface area contributed by atoms with Gasteiger partial charge in [-0.3, -0.25) is 9.59 Å². The fourth-order valence-corrected chi connectivity index (χ4v) is 2.57. The standard InChI is InChI=1S/C15H20N2O2/c1-10-4-2-3-5-13(10)17-15(19)12-8-6-11(7-9-12)14(16)18/h6-10,13H,2-5H2,1H3,(H2,16,18)(H,17,19). The number of benzene rings is 1. The van der Waals surface area contributed by atoms with Gasteiger partial charge in [-0.25, -0.2) is 0 Å². The van der Waals surface area contributed by atoms with Gasteiger partial charge in [0, 0.05) is 17.2 Å². The third-order valence-electron chi connectivity index (χ3n) is 3.86. The minimum atomic E-state index is -0.479. The van der Waals surface area contributed by atoms with Crippen LogP contribution in [-0.4, -0.2) is 17.9 Å². The molecule has 19 heavy (non-hydrogen) atoms. The first kappa shape index (κ1) is 13.6. The Hall–Kier alpha value is -1.84. The van der Waals surface area contributed by atoms with E-state index in [2.05, 4.69) is 12.2 Å². The molecule has 4 nitrogen and oxygen atoms in total. The van der Waals surface area contributed by atoms with Gasteiger partial charge in [-0.05, 0) is 43.0 Å². The lowest BCUT2D eigenvalue weighted by molar-refractivity contribution is 0.0908. The SMILES string of the molecule is CC1CCCCC1NC(=O)c1ccc(C(N)=O)cc1. The number of primary amides is 1. The molecule has 2 unspecified atom stereocenters. The van der Waals surface area contributed by atoms with E-state index in [1.54, 1.807) is 24.3 Å². The van der Waals surface area contributed by atoms with Gasteiger partial charge in [0.2, 0.25) is 5.91 Å². The lowest BCUT2D eigenvalue weighted by atomic mass is 9.86. The normalized spacial score (nSPS) is 22.8. The monoisotopic (exact) mass is 260 g/mol. The third-order valence-corrected chi connectivity index (χ3v) is 3.86. The molecule has 1 saturated carbocycles. The summed E-state index contributed by atoms with van der Waals surface area (Å²) < 4.78 is 0. The van der Waals surface area contributed by atoms with Crippen LogP contribution in [0.5, 0.6) is 0 Å². The molecule has 102 valence electrons. The number of amides is 2. The van der Waals surface area contributed by atoms with Crippen LogP contribution >= 0.6 is 0 Å². The maximum Gasteiger partial charge on any atom is 0.251 e. The van der Waals surface area contributed by atoms with Crippen LogP contribution < -0.4 is 11.1 Å². The number of carbonyl (C=O) groups is 2. The van der Waals surface area contributed by atoms with Crippen molar-refractivity contribution in [2.45, 2.75) is 38.6 Å². The summed E-state index contributed by atoms with van der Waals surface area (Å²) in [6, 6.07) is 6.71. The molecule has 0 radical (unpaired) electrons. The molecular weight excluding hydrogens is 240 g/mol. The molecule has 0 spiro atoms. The first-order valence-electron chi connectivity index (χ1n) is 6.78. The lowest BCUT2D eigenvalue weighted by Gasteiger charge is -2.29. The lowest BCUT2D eigenvalue weighted by Crippen LogP contribution is -2.41. The van der Waals surface area contributed by atoms with E-state index in [0.29, 0.717) is 17.0 Å². The maximum absolute atomic E-state index is 12.1. The van der Waals surface area contributed by atoms with Crippen molar-refractivity contribution in [3.8, 4) is 0 Å². The molecule has 1 fully saturated rings. The number of carbonyl (C=O) groups excluding carboxylic acids is 2. The van der Waals surface area contributed by atoms with E-state index in [9.17, 15) is 9.59 Å². The van der Waals surface area contributed by atoms with Crippen LogP contribution in [0.3, 0.4) is 0 Å². The molecule has 2 atom stereocenters. The molecule has 1 aliphatic rings. The summed E-state index contributed by atoms with van der Waals surface area (Å²) in [4.78, 5) is 23.1. The van der Waals surface area contributed by atoms with Crippen molar-refractivity contribution in [3.05, 3.63) is 35.4 Å². The Labute approximate surface area is 113 Å². The van der Waals surface area contributed by atoms with Gasteiger partial charge in [-0.2, -0.15) is 0 Å². The smallest absolute Gasteiger partial charge is 0.251 e. The summed E-state index contributed by atoms with van der Waals surface area (Å²) >= 11 is 0. The summed E-state index contributed by atoms with van der Waals surface area (Å²) in [5, 5.41) is 3.08. The Morgan fingerprint density at radius 2 is 1.68 bits per heavy atom. The second-order valence-corrected chi connectivity index (χ2v) is 5.28. The first-order valence-corrected chi connectivity index (χ1v) is 6.78. The Morgan fingerprint density at radius 3 is 2.26 bits per heavy atom. The molecule has 1 aromatic carbocycles. The Balaban J connectivity index is 2.01. The van der Waals surface area contributed by atoms with Crippen LogP contribution in [0.15, 0.2) is 24.3 Å². The molecule has 2 rings (SSSR count). The van der Waals surface area contributed by atoms with Gasteiger partial charge >= 0.3 is 0 Å². The number of rotatable bonds is 3. The fraction of sp³-hybridized carbons (Fsp3) is 0.467. The number of nitrogens with one attached hydrogen (secondary N) is 1. The van der Waals surface area contributed by atoms with Gasteiger partial charge in [-0.1, -0.05) is 19.8 Å². The second-order valence-electron chi connectivity index (χ2n) is 5.28. The van der Waals surface area contributed by atoms with Crippen LogP contribution in [0.25, 0.3) is 0 Å². The van der Waals surface area contributed by atoms with Crippen LogP contribution in [0.4, 0.5) is 0 Å². The average molecular weight is 260 g/mol. The van der Waals surface area contributed by atoms with E-state index in [4.69, 9.17) is 5.73 Å². The summed E-state index contributed by atoms with van der Waals surface area (Å²) in [6.45, 7) is 2.18. The molecule has 3 N–H and O–H groups in total. The van der Waals surface area contributed by atoms with Crippen LogP contribution in [0.2, 0.25) is 0 Å². The van der Waals surface area contributed by atoms with E-state index in [1.165, 1.54) is 19.3 Å². The number of nitrogens with two attached hydrogens (primary N) is 1. The van der Waals surface area contributed by atoms with Crippen molar-refractivity contribution in [2.75, 3.05) is 0 Å². The summed E-state index contributed by atoms with van der Waals surface area (Å²) in [7, 11) is 0. The predicted molar refractivity (Wildman–Crippen MR) is 73.8 cm³/mol. The Kier molecular flexibility index (Phi) is 4.20. The van der Waals surface area contributed by atoms with E-state index in [1.807, 2.05) is 0 Å². The zero-order valence-corrected chi connectivity index (χ0v) is 11.2. The average Bonchev–Trinajstić information content (AvgIpc) is 2.41.